The highest BCUT2D eigenvalue weighted by molar-refractivity contribution is 8.00. The van der Waals surface area contributed by atoms with Crippen LogP contribution in [0.5, 0.6) is 0 Å². The molecular weight excluding hydrogens is 336 g/mol. The summed E-state index contributed by atoms with van der Waals surface area (Å²) in [6.45, 7) is 8.66. The fraction of sp³-hybridized carbons (Fsp3) is 0.500. The number of benzene rings is 1. The first-order valence-corrected chi connectivity index (χ1v) is 9.50. The van der Waals surface area contributed by atoms with Gasteiger partial charge in [-0.25, -0.2) is 9.67 Å². The van der Waals surface area contributed by atoms with Crippen molar-refractivity contribution in [2.24, 2.45) is 0 Å². The van der Waals surface area contributed by atoms with Crippen LogP contribution in [-0.4, -0.2) is 57.1 Å². The van der Waals surface area contributed by atoms with Crippen LogP contribution in [0.1, 0.15) is 32.5 Å². The molecule has 3 rings (SSSR count). The van der Waals surface area contributed by atoms with Gasteiger partial charge in [-0.1, -0.05) is 43.8 Å². The maximum atomic E-state index is 12.6. The van der Waals surface area contributed by atoms with E-state index < -0.39 is 0 Å². The summed E-state index contributed by atoms with van der Waals surface area (Å²) in [6.07, 6.45) is 0. The summed E-state index contributed by atoms with van der Waals surface area (Å²) in [5.41, 5.74) is 0.984. The molecule has 0 radical (unpaired) electrons. The number of ether oxygens (including phenoxy) is 1. The maximum absolute atomic E-state index is 12.6. The van der Waals surface area contributed by atoms with E-state index in [1.807, 2.05) is 46.8 Å². The molecule has 6 nitrogen and oxygen atoms in total. The van der Waals surface area contributed by atoms with Crippen molar-refractivity contribution in [1.29, 1.82) is 0 Å². The van der Waals surface area contributed by atoms with Gasteiger partial charge < -0.3 is 9.64 Å². The monoisotopic (exact) mass is 360 g/mol. The van der Waals surface area contributed by atoms with E-state index in [1.54, 1.807) is 0 Å². The molecule has 0 bridgehead atoms. The Bertz CT molecular complexity index is 711. The average Bonchev–Trinajstić information content (AvgIpc) is 3.06. The number of nitrogens with zero attached hydrogens (tertiary/aromatic N) is 4. The van der Waals surface area contributed by atoms with E-state index in [-0.39, 0.29) is 17.1 Å². The normalized spacial score (nSPS) is 16.2. The van der Waals surface area contributed by atoms with Crippen molar-refractivity contribution in [1.82, 2.24) is 19.7 Å². The smallest absolute Gasteiger partial charge is 0.236 e. The van der Waals surface area contributed by atoms with Crippen molar-refractivity contribution in [2.45, 2.75) is 37.1 Å². The van der Waals surface area contributed by atoms with Gasteiger partial charge in [-0.2, -0.15) is 0 Å². The lowest BCUT2D eigenvalue weighted by Crippen LogP contribution is -2.44. The lowest BCUT2D eigenvalue weighted by atomic mass is 10.2. The first-order valence-electron chi connectivity index (χ1n) is 8.62. The Morgan fingerprint density at radius 2 is 1.84 bits per heavy atom. The Kier molecular flexibility index (Phi) is 5.75. The van der Waals surface area contributed by atoms with E-state index in [2.05, 4.69) is 23.9 Å². The zero-order valence-corrected chi connectivity index (χ0v) is 15.7. The minimum Gasteiger partial charge on any atom is -0.378 e. The number of para-hydroxylation sites is 1. The van der Waals surface area contributed by atoms with Crippen LogP contribution in [0.2, 0.25) is 0 Å². The zero-order valence-electron chi connectivity index (χ0n) is 14.9. The fourth-order valence-electron chi connectivity index (χ4n) is 2.74. The number of hydrogen-bond acceptors (Lipinski definition) is 5. The van der Waals surface area contributed by atoms with Gasteiger partial charge in [0.1, 0.15) is 5.82 Å². The lowest BCUT2D eigenvalue weighted by Gasteiger charge is -2.28. The van der Waals surface area contributed by atoms with E-state index in [9.17, 15) is 4.79 Å². The van der Waals surface area contributed by atoms with Gasteiger partial charge in [0.25, 0.3) is 0 Å². The number of aromatic nitrogens is 3. The summed E-state index contributed by atoms with van der Waals surface area (Å²) in [7, 11) is 0. The molecule has 1 atom stereocenters. The minimum atomic E-state index is -0.218. The minimum absolute atomic E-state index is 0.121. The van der Waals surface area contributed by atoms with E-state index in [0.29, 0.717) is 31.5 Å². The average molecular weight is 360 g/mol. The molecule has 0 spiro atoms. The first kappa shape index (κ1) is 17.9. The van der Waals surface area contributed by atoms with Gasteiger partial charge in [0, 0.05) is 19.0 Å². The van der Waals surface area contributed by atoms with Crippen molar-refractivity contribution in [3.63, 3.8) is 0 Å². The van der Waals surface area contributed by atoms with Crippen LogP contribution in [0.15, 0.2) is 35.5 Å². The second-order valence-electron chi connectivity index (χ2n) is 6.35. The zero-order chi connectivity index (χ0) is 17.8. The van der Waals surface area contributed by atoms with Crippen molar-refractivity contribution in [2.75, 3.05) is 26.3 Å². The van der Waals surface area contributed by atoms with E-state index >= 15 is 0 Å². The third kappa shape index (κ3) is 4.22. The van der Waals surface area contributed by atoms with Crippen LogP contribution in [-0.2, 0) is 9.53 Å². The van der Waals surface area contributed by atoms with Gasteiger partial charge in [0.2, 0.25) is 11.1 Å². The Hall–Kier alpha value is -1.86. The number of rotatable bonds is 5. The maximum Gasteiger partial charge on any atom is 0.236 e. The van der Waals surface area contributed by atoms with Gasteiger partial charge >= 0.3 is 0 Å². The van der Waals surface area contributed by atoms with Gasteiger partial charge in [0.05, 0.1) is 24.2 Å². The topological polar surface area (TPSA) is 60.3 Å². The van der Waals surface area contributed by atoms with Crippen LogP contribution >= 0.6 is 11.8 Å². The molecule has 134 valence electrons. The number of thioether (sulfide) groups is 1. The summed E-state index contributed by atoms with van der Waals surface area (Å²) in [5, 5.41) is 5.06. The fourth-order valence-corrected chi connectivity index (χ4v) is 3.58. The molecule has 7 heteroatoms. The molecule has 1 amide bonds. The number of carbonyl (C=O) groups is 1. The predicted octanol–water partition coefficient (Wildman–Crippen LogP) is 2.73. The van der Waals surface area contributed by atoms with Gasteiger partial charge in [-0.15, -0.1) is 5.10 Å². The van der Waals surface area contributed by atoms with E-state index in [1.165, 1.54) is 11.8 Å². The SMILES string of the molecule is CC(C)c1nc(S[C@H](C)C(=O)N2CCOCC2)nn1-c1ccccc1. The highest BCUT2D eigenvalue weighted by Gasteiger charge is 2.25. The van der Waals surface area contributed by atoms with Gasteiger partial charge in [0.15, 0.2) is 0 Å². The molecule has 25 heavy (non-hydrogen) atoms. The molecule has 1 fully saturated rings. The van der Waals surface area contributed by atoms with E-state index in [0.717, 1.165) is 11.5 Å². The van der Waals surface area contributed by atoms with Gasteiger partial charge in [-0.3, -0.25) is 4.79 Å². The summed E-state index contributed by atoms with van der Waals surface area (Å²) in [6, 6.07) is 9.97. The molecule has 0 saturated carbocycles. The van der Waals surface area contributed by atoms with Crippen molar-refractivity contribution in [3.8, 4) is 5.69 Å². The summed E-state index contributed by atoms with van der Waals surface area (Å²) >= 11 is 1.42. The Labute approximate surface area is 152 Å². The van der Waals surface area contributed by atoms with Crippen LogP contribution in [0.25, 0.3) is 5.69 Å². The van der Waals surface area contributed by atoms with Crippen LogP contribution in [0.3, 0.4) is 0 Å². The standard InChI is InChI=1S/C18H24N4O2S/c1-13(2)16-19-18(20-22(16)15-7-5-4-6-8-15)25-14(3)17(23)21-9-11-24-12-10-21/h4-8,13-14H,9-12H2,1-3H3/t14-/m1/s1. The van der Waals surface area contributed by atoms with Crippen molar-refractivity contribution in [3.05, 3.63) is 36.2 Å². The Balaban J connectivity index is 1.77. The molecule has 1 aliphatic heterocycles. The molecule has 1 aliphatic rings. The molecule has 0 aliphatic carbocycles. The molecule has 2 heterocycles. The second kappa shape index (κ2) is 8.01. The van der Waals surface area contributed by atoms with E-state index in [4.69, 9.17) is 4.74 Å². The number of hydrogen-bond donors (Lipinski definition) is 0. The molecule has 1 aromatic heterocycles. The summed E-state index contributed by atoms with van der Waals surface area (Å²) in [5.74, 6) is 1.27. The van der Waals surface area contributed by atoms with Crippen LogP contribution < -0.4 is 0 Å². The molecule has 0 N–H and O–H groups in total. The number of morpholine rings is 1. The first-order chi connectivity index (χ1) is 12.1. The number of carbonyl (C=O) groups excluding carboxylic acids is 1. The lowest BCUT2D eigenvalue weighted by molar-refractivity contribution is -0.134. The molecule has 0 unspecified atom stereocenters. The van der Waals surface area contributed by atoms with Crippen LogP contribution in [0.4, 0.5) is 0 Å². The molecule has 2 aromatic rings. The third-order valence-corrected chi connectivity index (χ3v) is 5.02. The highest BCUT2D eigenvalue weighted by atomic mass is 32.2. The Morgan fingerprint density at radius 1 is 1.16 bits per heavy atom. The van der Waals surface area contributed by atoms with Gasteiger partial charge in [-0.05, 0) is 19.1 Å². The Morgan fingerprint density at radius 3 is 2.48 bits per heavy atom. The van der Waals surface area contributed by atoms with Crippen LogP contribution in [0, 0.1) is 0 Å². The second-order valence-corrected chi connectivity index (χ2v) is 7.66. The largest absolute Gasteiger partial charge is 0.378 e. The summed E-state index contributed by atoms with van der Waals surface area (Å²) < 4.78 is 7.19. The highest BCUT2D eigenvalue weighted by Crippen LogP contribution is 2.26. The van der Waals surface area contributed by atoms with Crippen molar-refractivity contribution >= 4 is 17.7 Å². The predicted molar refractivity (Wildman–Crippen MR) is 98.2 cm³/mol. The summed E-state index contributed by atoms with van der Waals surface area (Å²) in [4.78, 5) is 19.1. The quantitative estimate of drug-likeness (QED) is 0.767. The third-order valence-electron chi connectivity index (χ3n) is 4.08. The number of amides is 1. The molecular formula is C18H24N4O2S. The van der Waals surface area contributed by atoms with Crippen molar-refractivity contribution < 1.29 is 9.53 Å². The molecule has 1 aromatic carbocycles. The molecule has 1 saturated heterocycles.